The molecule has 13 heteroatoms. The minimum absolute atomic E-state index is 0.00903. The number of aromatic nitrogens is 4. The average Bonchev–Trinajstić information content (AvgIpc) is 3.64. The normalized spacial score (nSPS) is 19.8. The first-order valence-electron chi connectivity index (χ1n) is 13.9. The number of hydrogen-bond acceptors (Lipinski definition) is 12. The van der Waals surface area contributed by atoms with Gasteiger partial charge in [-0.3, -0.25) is 14.7 Å². The second-order valence-electron chi connectivity index (χ2n) is 10.2. The van der Waals surface area contributed by atoms with Crippen molar-refractivity contribution in [2.75, 3.05) is 50.1 Å². The third kappa shape index (κ3) is 6.48. The summed E-state index contributed by atoms with van der Waals surface area (Å²) in [6, 6.07) is 5.99. The number of pyridine rings is 2. The average molecular weight is 580 g/mol. The van der Waals surface area contributed by atoms with E-state index in [-0.39, 0.29) is 18.4 Å². The number of anilines is 2. The molecular weight excluding hydrogens is 546 g/mol. The molecule has 0 spiro atoms. The third-order valence-corrected chi connectivity index (χ3v) is 8.30. The van der Waals surface area contributed by atoms with Gasteiger partial charge in [-0.1, -0.05) is 11.3 Å². The van der Waals surface area contributed by atoms with Gasteiger partial charge in [0.1, 0.15) is 18.1 Å². The second kappa shape index (κ2) is 12.5. The van der Waals surface area contributed by atoms with Crippen LogP contribution in [0.5, 0.6) is 5.88 Å². The van der Waals surface area contributed by atoms with E-state index in [2.05, 4.69) is 30.5 Å². The van der Waals surface area contributed by atoms with E-state index in [0.717, 1.165) is 67.9 Å². The molecule has 0 aromatic carbocycles. The standard InChI is InChI=1S/C28H33N7O5S/c1-17-14-18(6-7-29-17)26-32-22(16-39-26)25(37)31-21-15-23-24(34-28(41-23)30-8-11-36)33-27(21)40-20-4-2-19(3-5-20)35-9-12-38-13-10-35/h6-7,14-16,19-20,36H,2-5,8-13H2,1H3,(H,31,37)(H,30,33,34). The number of amides is 1. The number of rotatable bonds is 9. The summed E-state index contributed by atoms with van der Waals surface area (Å²) < 4.78 is 18.3. The molecule has 4 aromatic rings. The Morgan fingerprint density at radius 1 is 1.17 bits per heavy atom. The van der Waals surface area contributed by atoms with Gasteiger partial charge in [0.25, 0.3) is 5.91 Å². The zero-order valence-electron chi connectivity index (χ0n) is 22.8. The van der Waals surface area contributed by atoms with Crippen LogP contribution in [-0.2, 0) is 4.74 Å². The van der Waals surface area contributed by atoms with Gasteiger partial charge in [-0.2, -0.15) is 4.98 Å². The Labute approximate surface area is 241 Å². The van der Waals surface area contributed by atoms with Crippen molar-refractivity contribution < 1.29 is 23.8 Å². The number of morpholine rings is 1. The van der Waals surface area contributed by atoms with Crippen LogP contribution in [0.25, 0.3) is 21.8 Å². The molecule has 4 aromatic heterocycles. The molecule has 0 unspecified atom stereocenters. The van der Waals surface area contributed by atoms with Crippen LogP contribution in [0, 0.1) is 6.92 Å². The van der Waals surface area contributed by atoms with E-state index in [4.69, 9.17) is 18.9 Å². The molecule has 216 valence electrons. The Kier molecular flexibility index (Phi) is 8.37. The maximum Gasteiger partial charge on any atom is 0.277 e. The fourth-order valence-electron chi connectivity index (χ4n) is 5.27. The van der Waals surface area contributed by atoms with Crippen LogP contribution in [-0.4, -0.2) is 87.5 Å². The van der Waals surface area contributed by atoms with Crippen molar-refractivity contribution in [3.8, 4) is 17.3 Å². The lowest BCUT2D eigenvalue weighted by molar-refractivity contribution is -0.00130. The number of fused-ring (bicyclic) bond motifs is 1. The number of carbonyl (C=O) groups excluding carboxylic acids is 1. The van der Waals surface area contributed by atoms with Crippen LogP contribution in [0.3, 0.4) is 0 Å². The smallest absolute Gasteiger partial charge is 0.277 e. The van der Waals surface area contributed by atoms with Crippen LogP contribution in [0.1, 0.15) is 41.9 Å². The quantitative estimate of drug-likeness (QED) is 0.266. The highest BCUT2D eigenvalue weighted by Gasteiger charge is 2.29. The topological polar surface area (TPSA) is 148 Å². The highest BCUT2D eigenvalue weighted by atomic mass is 32.1. The predicted octanol–water partition coefficient (Wildman–Crippen LogP) is 3.73. The van der Waals surface area contributed by atoms with Crippen molar-refractivity contribution in [1.82, 2.24) is 24.8 Å². The number of thiazole rings is 1. The second-order valence-corrected chi connectivity index (χ2v) is 11.2. The molecule has 0 bridgehead atoms. The van der Waals surface area contributed by atoms with Gasteiger partial charge in [0.15, 0.2) is 16.5 Å². The lowest BCUT2D eigenvalue weighted by Crippen LogP contribution is -2.46. The largest absolute Gasteiger partial charge is 0.473 e. The Morgan fingerprint density at radius 2 is 2.00 bits per heavy atom. The maximum absolute atomic E-state index is 13.3. The number of oxazole rings is 1. The number of aliphatic hydroxyl groups is 1. The van der Waals surface area contributed by atoms with Crippen LogP contribution in [0.2, 0.25) is 0 Å². The summed E-state index contributed by atoms with van der Waals surface area (Å²) in [5.74, 6) is 0.230. The van der Waals surface area contributed by atoms with Crippen molar-refractivity contribution in [1.29, 1.82) is 0 Å². The molecule has 1 aliphatic heterocycles. The Bertz CT molecular complexity index is 1490. The number of nitrogens with zero attached hydrogens (tertiary/aromatic N) is 5. The fourth-order valence-corrected chi connectivity index (χ4v) is 6.14. The third-order valence-electron chi connectivity index (χ3n) is 7.35. The first kappa shape index (κ1) is 27.5. The van der Waals surface area contributed by atoms with Crippen LogP contribution in [0.15, 0.2) is 35.1 Å². The number of hydrogen-bond donors (Lipinski definition) is 3. The van der Waals surface area contributed by atoms with Crippen LogP contribution >= 0.6 is 11.3 Å². The minimum Gasteiger partial charge on any atom is -0.473 e. The summed E-state index contributed by atoms with van der Waals surface area (Å²) in [6.45, 7) is 5.79. The highest BCUT2D eigenvalue weighted by Crippen LogP contribution is 2.35. The van der Waals surface area contributed by atoms with Crippen molar-refractivity contribution in [3.05, 3.63) is 42.0 Å². The summed E-state index contributed by atoms with van der Waals surface area (Å²) in [5.41, 5.74) is 2.66. The predicted molar refractivity (Wildman–Crippen MR) is 154 cm³/mol. The SMILES string of the molecule is Cc1cc(-c2nc(C(=O)Nc3cc4sc(NCCO)nc4nc3OC3CCC(N4CCOCC4)CC3)co2)ccn1. The first-order chi connectivity index (χ1) is 20.1. The van der Waals surface area contributed by atoms with Gasteiger partial charge in [0.05, 0.1) is 24.5 Å². The number of aryl methyl sites for hydroxylation is 1. The summed E-state index contributed by atoms with van der Waals surface area (Å²) in [4.78, 5) is 33.6. The molecule has 2 aliphatic rings. The van der Waals surface area contributed by atoms with E-state index in [9.17, 15) is 9.90 Å². The molecule has 6 rings (SSSR count). The van der Waals surface area contributed by atoms with E-state index in [1.165, 1.54) is 17.6 Å². The first-order valence-corrected chi connectivity index (χ1v) is 14.7. The van der Waals surface area contributed by atoms with Gasteiger partial charge < -0.3 is 29.6 Å². The summed E-state index contributed by atoms with van der Waals surface area (Å²) in [5, 5.41) is 15.8. The van der Waals surface area contributed by atoms with Crippen LogP contribution in [0.4, 0.5) is 10.8 Å². The monoisotopic (exact) mass is 579 g/mol. The molecule has 12 nitrogen and oxygen atoms in total. The maximum atomic E-state index is 13.3. The molecule has 0 radical (unpaired) electrons. The molecule has 0 atom stereocenters. The van der Waals surface area contributed by atoms with E-state index in [0.29, 0.717) is 40.8 Å². The summed E-state index contributed by atoms with van der Waals surface area (Å²) in [7, 11) is 0. The minimum atomic E-state index is -0.434. The van der Waals surface area contributed by atoms with Gasteiger partial charge in [0.2, 0.25) is 11.8 Å². The number of aliphatic hydroxyl groups excluding tert-OH is 1. The molecule has 1 aliphatic carbocycles. The molecule has 1 amide bonds. The molecule has 2 fully saturated rings. The van der Waals surface area contributed by atoms with Crippen molar-refractivity contribution in [2.45, 2.75) is 44.8 Å². The summed E-state index contributed by atoms with van der Waals surface area (Å²) >= 11 is 1.39. The zero-order valence-corrected chi connectivity index (χ0v) is 23.7. The Morgan fingerprint density at radius 3 is 2.78 bits per heavy atom. The number of carbonyl (C=O) groups is 1. The molecule has 5 heterocycles. The van der Waals surface area contributed by atoms with E-state index in [1.54, 1.807) is 12.3 Å². The Balaban J connectivity index is 1.21. The highest BCUT2D eigenvalue weighted by molar-refractivity contribution is 7.22. The molecule has 1 saturated carbocycles. The van der Waals surface area contributed by atoms with Crippen molar-refractivity contribution >= 4 is 38.4 Å². The van der Waals surface area contributed by atoms with Gasteiger partial charge in [0, 0.05) is 43.1 Å². The Hall–Kier alpha value is -3.65. The van der Waals surface area contributed by atoms with Gasteiger partial charge in [-0.15, -0.1) is 0 Å². The van der Waals surface area contributed by atoms with Crippen molar-refractivity contribution in [3.63, 3.8) is 0 Å². The molecule has 41 heavy (non-hydrogen) atoms. The van der Waals surface area contributed by atoms with Crippen molar-refractivity contribution in [2.24, 2.45) is 0 Å². The van der Waals surface area contributed by atoms with E-state index >= 15 is 0 Å². The fraction of sp³-hybridized carbons (Fsp3) is 0.464. The zero-order chi connectivity index (χ0) is 28.2. The number of ether oxygens (including phenoxy) is 2. The van der Waals surface area contributed by atoms with Gasteiger partial charge in [-0.25, -0.2) is 9.97 Å². The molecule has 1 saturated heterocycles. The lowest BCUT2D eigenvalue weighted by atomic mass is 9.91. The van der Waals surface area contributed by atoms with Gasteiger partial charge in [-0.05, 0) is 50.8 Å². The molecular formula is C28H33N7O5S. The molecule has 3 N–H and O–H groups in total. The van der Waals surface area contributed by atoms with Gasteiger partial charge >= 0.3 is 0 Å². The van der Waals surface area contributed by atoms with Crippen LogP contribution < -0.4 is 15.4 Å². The van der Waals surface area contributed by atoms with E-state index < -0.39 is 5.91 Å². The summed E-state index contributed by atoms with van der Waals surface area (Å²) in [6.07, 6.45) is 6.86. The van der Waals surface area contributed by atoms with E-state index in [1.807, 2.05) is 19.1 Å². The lowest BCUT2D eigenvalue weighted by Gasteiger charge is -2.38. The number of nitrogens with one attached hydrogen (secondary N) is 2.